The molecule has 0 aromatic carbocycles. The van der Waals surface area contributed by atoms with Crippen LogP contribution in [0.1, 0.15) is 74.1 Å². The highest BCUT2D eigenvalue weighted by molar-refractivity contribution is 5.88. The number of esters is 1. The van der Waals surface area contributed by atoms with Gasteiger partial charge < -0.3 is 9.84 Å². The first kappa shape index (κ1) is 22.9. The molecule has 0 aromatic rings. The molecule has 7 unspecified atom stereocenters. The Kier molecular flexibility index (Phi) is 9.02. The van der Waals surface area contributed by atoms with Gasteiger partial charge in [-0.2, -0.15) is 0 Å². The summed E-state index contributed by atoms with van der Waals surface area (Å²) in [5, 5.41) is 10.7. The first-order valence-electron chi connectivity index (χ1n) is 10.2. The van der Waals surface area contributed by atoms with Crippen LogP contribution in [0, 0.1) is 29.6 Å². The Morgan fingerprint density at radius 1 is 1.12 bits per heavy atom. The van der Waals surface area contributed by atoms with Gasteiger partial charge in [-0.15, -0.1) is 0 Å². The summed E-state index contributed by atoms with van der Waals surface area (Å²) < 4.78 is 5.75. The van der Waals surface area contributed by atoms with Crippen LogP contribution in [-0.4, -0.2) is 29.1 Å². The molecule has 0 bridgehead atoms. The standard InChI is InChI=1S/C22H38O4/c1-8-9-20-18(7)21(24)17(6)19(23)11-10-13(2)16(5)14(3)12-15(4)22(25)26-20/h12-14,16-18,20-21,24H,8-11H2,1-7H3/b15-12+. The van der Waals surface area contributed by atoms with Crippen LogP contribution < -0.4 is 0 Å². The lowest BCUT2D eigenvalue weighted by Crippen LogP contribution is -2.39. The fourth-order valence-corrected chi connectivity index (χ4v) is 3.80. The van der Waals surface area contributed by atoms with E-state index in [2.05, 4.69) is 20.8 Å². The number of aliphatic hydroxyl groups is 1. The molecule has 0 spiro atoms. The Balaban J connectivity index is 3.17. The molecule has 0 saturated heterocycles. The van der Waals surface area contributed by atoms with Gasteiger partial charge in [-0.1, -0.05) is 54.0 Å². The molecular formula is C22H38O4. The summed E-state index contributed by atoms with van der Waals surface area (Å²) in [7, 11) is 0. The van der Waals surface area contributed by atoms with Gasteiger partial charge in [0.25, 0.3) is 0 Å². The predicted molar refractivity (Wildman–Crippen MR) is 105 cm³/mol. The topological polar surface area (TPSA) is 63.6 Å². The molecule has 150 valence electrons. The van der Waals surface area contributed by atoms with E-state index >= 15 is 0 Å². The van der Waals surface area contributed by atoms with Crippen LogP contribution in [0.2, 0.25) is 0 Å². The maximum atomic E-state index is 12.6. The fourth-order valence-electron chi connectivity index (χ4n) is 3.80. The summed E-state index contributed by atoms with van der Waals surface area (Å²) in [6, 6.07) is 0. The number of ketones is 1. The van der Waals surface area contributed by atoms with E-state index in [1.54, 1.807) is 13.8 Å². The number of allylic oxidation sites excluding steroid dienone is 1. The lowest BCUT2D eigenvalue weighted by atomic mass is 9.79. The average molecular weight is 367 g/mol. The normalized spacial score (nSPS) is 40.3. The predicted octanol–water partition coefficient (Wildman–Crippen LogP) is 4.55. The number of carbonyl (C=O) groups excluding carboxylic acids is 2. The van der Waals surface area contributed by atoms with E-state index in [0.29, 0.717) is 30.3 Å². The van der Waals surface area contributed by atoms with Crippen LogP contribution in [0.5, 0.6) is 0 Å². The number of Topliss-reactive ketones (excluding diaryl/α,β-unsaturated/α-hetero) is 1. The number of aliphatic hydroxyl groups excluding tert-OH is 1. The van der Waals surface area contributed by atoms with Gasteiger partial charge in [0, 0.05) is 23.8 Å². The second-order valence-electron chi connectivity index (χ2n) is 8.42. The maximum absolute atomic E-state index is 12.6. The van der Waals surface area contributed by atoms with Crippen molar-refractivity contribution in [3.05, 3.63) is 11.6 Å². The molecule has 0 radical (unpaired) electrons. The van der Waals surface area contributed by atoms with Gasteiger partial charge in [0.15, 0.2) is 0 Å². The zero-order valence-electron chi connectivity index (χ0n) is 17.6. The molecule has 4 heteroatoms. The Morgan fingerprint density at radius 3 is 2.31 bits per heavy atom. The highest BCUT2D eigenvalue weighted by Gasteiger charge is 2.34. The largest absolute Gasteiger partial charge is 0.459 e. The first-order valence-corrected chi connectivity index (χ1v) is 10.2. The van der Waals surface area contributed by atoms with Gasteiger partial charge in [0.1, 0.15) is 11.9 Å². The molecule has 0 fully saturated rings. The van der Waals surface area contributed by atoms with Crippen molar-refractivity contribution in [1.82, 2.24) is 0 Å². The Morgan fingerprint density at radius 2 is 1.73 bits per heavy atom. The minimum atomic E-state index is -0.800. The van der Waals surface area contributed by atoms with Gasteiger partial charge in [0.05, 0.1) is 6.10 Å². The van der Waals surface area contributed by atoms with Crippen LogP contribution in [0.25, 0.3) is 0 Å². The van der Waals surface area contributed by atoms with Gasteiger partial charge in [-0.3, -0.25) is 4.79 Å². The summed E-state index contributed by atoms with van der Waals surface area (Å²) in [4.78, 5) is 25.1. The van der Waals surface area contributed by atoms with Gasteiger partial charge in [-0.05, 0) is 37.5 Å². The molecule has 0 aliphatic carbocycles. The summed E-state index contributed by atoms with van der Waals surface area (Å²) in [5.41, 5.74) is 0.625. The average Bonchev–Trinajstić information content (AvgIpc) is 2.61. The summed E-state index contributed by atoms with van der Waals surface area (Å²) in [6.45, 7) is 13.9. The third kappa shape index (κ3) is 5.94. The molecule has 26 heavy (non-hydrogen) atoms. The lowest BCUT2D eigenvalue weighted by Gasteiger charge is -2.32. The zero-order chi connectivity index (χ0) is 20.0. The fraction of sp³-hybridized carbons (Fsp3) is 0.818. The molecule has 0 saturated carbocycles. The molecule has 0 aromatic heterocycles. The molecular weight excluding hydrogens is 328 g/mol. The highest BCUT2D eigenvalue weighted by Crippen LogP contribution is 2.29. The third-order valence-electron chi connectivity index (χ3n) is 6.38. The number of hydrogen-bond acceptors (Lipinski definition) is 4. The van der Waals surface area contributed by atoms with Crippen molar-refractivity contribution >= 4 is 11.8 Å². The SMILES string of the molecule is CCCC1OC(=O)/C(C)=C/C(C)C(C)C(C)CCC(=O)C(C)C(O)C1C. The van der Waals surface area contributed by atoms with E-state index in [-0.39, 0.29) is 29.7 Å². The molecule has 0 amide bonds. The van der Waals surface area contributed by atoms with Crippen LogP contribution in [-0.2, 0) is 14.3 Å². The summed E-state index contributed by atoms with van der Waals surface area (Å²) >= 11 is 0. The monoisotopic (exact) mass is 366 g/mol. The lowest BCUT2D eigenvalue weighted by molar-refractivity contribution is -0.151. The van der Waals surface area contributed by atoms with Crippen molar-refractivity contribution in [3.8, 4) is 0 Å². The Bertz CT molecular complexity index is 510. The van der Waals surface area contributed by atoms with Gasteiger partial charge in [-0.25, -0.2) is 4.79 Å². The molecule has 4 nitrogen and oxygen atoms in total. The van der Waals surface area contributed by atoms with Crippen LogP contribution in [0.15, 0.2) is 11.6 Å². The summed E-state index contributed by atoms with van der Waals surface area (Å²) in [6.07, 6.45) is 3.65. The number of ether oxygens (including phenoxy) is 1. The number of hydrogen-bond donors (Lipinski definition) is 1. The summed E-state index contributed by atoms with van der Waals surface area (Å²) in [5.74, 6) is 0.0304. The van der Waals surface area contributed by atoms with Crippen LogP contribution in [0.4, 0.5) is 0 Å². The van der Waals surface area contributed by atoms with Crippen molar-refractivity contribution in [2.45, 2.75) is 86.4 Å². The third-order valence-corrected chi connectivity index (χ3v) is 6.38. The van der Waals surface area contributed by atoms with E-state index < -0.39 is 12.0 Å². The maximum Gasteiger partial charge on any atom is 0.333 e. The van der Waals surface area contributed by atoms with Crippen molar-refractivity contribution in [1.29, 1.82) is 0 Å². The van der Waals surface area contributed by atoms with Crippen LogP contribution >= 0.6 is 0 Å². The van der Waals surface area contributed by atoms with Crippen molar-refractivity contribution in [2.75, 3.05) is 0 Å². The van der Waals surface area contributed by atoms with Crippen molar-refractivity contribution in [3.63, 3.8) is 0 Å². The van der Waals surface area contributed by atoms with Gasteiger partial charge in [0.2, 0.25) is 0 Å². The molecule has 1 aliphatic heterocycles. The van der Waals surface area contributed by atoms with E-state index in [0.717, 1.165) is 12.8 Å². The minimum Gasteiger partial charge on any atom is -0.459 e. The minimum absolute atomic E-state index is 0.0985. The highest BCUT2D eigenvalue weighted by atomic mass is 16.5. The quantitative estimate of drug-likeness (QED) is 0.728. The zero-order valence-corrected chi connectivity index (χ0v) is 17.6. The first-order chi connectivity index (χ1) is 12.1. The van der Waals surface area contributed by atoms with E-state index in [4.69, 9.17) is 4.74 Å². The Hall–Kier alpha value is -1.16. The Labute approximate surface area is 159 Å². The van der Waals surface area contributed by atoms with Crippen LogP contribution in [0.3, 0.4) is 0 Å². The molecule has 7 atom stereocenters. The molecule has 1 N–H and O–H groups in total. The van der Waals surface area contributed by atoms with E-state index in [9.17, 15) is 14.7 Å². The second-order valence-corrected chi connectivity index (χ2v) is 8.42. The number of cyclic esters (lactones) is 1. The van der Waals surface area contributed by atoms with E-state index in [1.165, 1.54) is 0 Å². The second kappa shape index (κ2) is 10.2. The van der Waals surface area contributed by atoms with E-state index in [1.807, 2.05) is 19.9 Å². The molecule has 1 rings (SSSR count). The number of rotatable bonds is 2. The van der Waals surface area contributed by atoms with Gasteiger partial charge >= 0.3 is 5.97 Å². The van der Waals surface area contributed by atoms with Crippen molar-refractivity contribution < 1.29 is 19.4 Å². The van der Waals surface area contributed by atoms with Crippen molar-refractivity contribution in [2.24, 2.45) is 29.6 Å². The number of carbonyl (C=O) groups is 2. The molecule has 1 aliphatic rings. The molecule has 1 heterocycles. The smallest absolute Gasteiger partial charge is 0.333 e.